The van der Waals surface area contributed by atoms with Crippen LogP contribution in [0.4, 0.5) is 5.69 Å². The van der Waals surface area contributed by atoms with Crippen molar-refractivity contribution in [1.29, 1.82) is 0 Å². The van der Waals surface area contributed by atoms with Gasteiger partial charge in [0, 0.05) is 48.5 Å². The highest BCUT2D eigenvalue weighted by Crippen LogP contribution is 2.18. The third-order valence-corrected chi connectivity index (χ3v) is 4.90. The quantitative estimate of drug-likeness (QED) is 0.861. The number of carbonyl (C=O) groups is 1. The second-order valence-corrected chi connectivity index (χ2v) is 7.05. The fourth-order valence-corrected chi connectivity index (χ4v) is 3.33. The molecule has 1 aliphatic heterocycles. The van der Waals surface area contributed by atoms with E-state index in [4.69, 9.17) is 23.2 Å². The summed E-state index contributed by atoms with van der Waals surface area (Å²) < 4.78 is 0. The molecule has 3 rings (SSSR count). The second-order valence-electron chi connectivity index (χ2n) is 6.20. The molecular weight excluding hydrogens is 357 g/mol. The SMILES string of the molecule is O=C(CN1CCN(Cc2ccccc2Cl)CC1)Nc1cccc(Cl)c1. The maximum atomic E-state index is 12.2. The Hall–Kier alpha value is -1.59. The zero-order valence-corrected chi connectivity index (χ0v) is 15.4. The predicted octanol–water partition coefficient (Wildman–Crippen LogP) is 3.75. The van der Waals surface area contributed by atoms with Crippen molar-refractivity contribution >= 4 is 34.8 Å². The van der Waals surface area contributed by atoms with Gasteiger partial charge in [-0.1, -0.05) is 47.5 Å². The third kappa shape index (κ3) is 5.44. The Balaban J connectivity index is 1.44. The predicted molar refractivity (Wildman–Crippen MR) is 103 cm³/mol. The van der Waals surface area contributed by atoms with Gasteiger partial charge in [-0.2, -0.15) is 0 Å². The van der Waals surface area contributed by atoms with Gasteiger partial charge in [0.15, 0.2) is 0 Å². The van der Waals surface area contributed by atoms with Crippen molar-refractivity contribution in [2.24, 2.45) is 0 Å². The largest absolute Gasteiger partial charge is 0.325 e. The lowest BCUT2D eigenvalue weighted by atomic mass is 10.2. The number of hydrogen-bond donors (Lipinski definition) is 1. The molecule has 0 bridgehead atoms. The van der Waals surface area contributed by atoms with Gasteiger partial charge in [0.05, 0.1) is 6.54 Å². The molecule has 0 saturated carbocycles. The fraction of sp³-hybridized carbons (Fsp3) is 0.316. The van der Waals surface area contributed by atoms with Crippen LogP contribution in [0.1, 0.15) is 5.56 Å². The smallest absolute Gasteiger partial charge is 0.238 e. The van der Waals surface area contributed by atoms with Gasteiger partial charge in [-0.05, 0) is 29.8 Å². The maximum absolute atomic E-state index is 12.2. The summed E-state index contributed by atoms with van der Waals surface area (Å²) in [7, 11) is 0. The Labute approximate surface area is 158 Å². The molecule has 6 heteroatoms. The van der Waals surface area contributed by atoms with E-state index in [0.29, 0.717) is 11.6 Å². The van der Waals surface area contributed by atoms with Crippen molar-refractivity contribution in [1.82, 2.24) is 9.80 Å². The van der Waals surface area contributed by atoms with Gasteiger partial charge in [-0.25, -0.2) is 0 Å². The van der Waals surface area contributed by atoms with Gasteiger partial charge in [0.2, 0.25) is 5.91 Å². The van der Waals surface area contributed by atoms with Crippen LogP contribution < -0.4 is 5.32 Å². The zero-order valence-electron chi connectivity index (χ0n) is 13.9. The molecule has 1 amide bonds. The highest BCUT2D eigenvalue weighted by Gasteiger charge is 2.19. The molecule has 25 heavy (non-hydrogen) atoms. The summed E-state index contributed by atoms with van der Waals surface area (Å²) in [5.41, 5.74) is 1.88. The molecular formula is C19H21Cl2N3O. The average Bonchev–Trinajstić information content (AvgIpc) is 2.58. The molecule has 0 unspecified atom stereocenters. The van der Waals surface area contributed by atoms with Crippen LogP contribution in [0.2, 0.25) is 10.0 Å². The maximum Gasteiger partial charge on any atom is 0.238 e. The van der Waals surface area contributed by atoms with Crippen molar-refractivity contribution < 1.29 is 4.79 Å². The molecule has 132 valence electrons. The van der Waals surface area contributed by atoms with E-state index in [1.54, 1.807) is 12.1 Å². The molecule has 0 spiro atoms. The normalized spacial score (nSPS) is 15.9. The minimum atomic E-state index is -0.0122. The van der Waals surface area contributed by atoms with Gasteiger partial charge in [0.1, 0.15) is 0 Å². The summed E-state index contributed by atoms with van der Waals surface area (Å²) in [5.74, 6) is -0.0122. The van der Waals surface area contributed by atoms with Crippen LogP contribution in [0.25, 0.3) is 0 Å². The topological polar surface area (TPSA) is 35.6 Å². The number of hydrogen-bond acceptors (Lipinski definition) is 3. The number of nitrogens with zero attached hydrogens (tertiary/aromatic N) is 2. The van der Waals surface area contributed by atoms with Gasteiger partial charge >= 0.3 is 0 Å². The number of amides is 1. The van der Waals surface area contributed by atoms with E-state index < -0.39 is 0 Å². The van der Waals surface area contributed by atoms with Gasteiger partial charge < -0.3 is 5.32 Å². The summed E-state index contributed by atoms with van der Waals surface area (Å²) in [6.45, 7) is 4.83. The molecule has 1 saturated heterocycles. The number of halogens is 2. The van der Waals surface area contributed by atoms with Crippen LogP contribution in [0.5, 0.6) is 0 Å². The van der Waals surface area contributed by atoms with E-state index >= 15 is 0 Å². The monoisotopic (exact) mass is 377 g/mol. The van der Waals surface area contributed by atoms with E-state index in [0.717, 1.165) is 49.0 Å². The summed E-state index contributed by atoms with van der Waals surface area (Å²) in [6.07, 6.45) is 0. The average molecular weight is 378 g/mol. The van der Waals surface area contributed by atoms with Crippen LogP contribution in [-0.2, 0) is 11.3 Å². The van der Waals surface area contributed by atoms with Gasteiger partial charge in [0.25, 0.3) is 0 Å². The molecule has 0 atom stereocenters. The first kappa shape index (κ1) is 18.2. The van der Waals surface area contributed by atoms with Crippen LogP contribution in [0.15, 0.2) is 48.5 Å². The Morgan fingerprint density at radius 2 is 1.68 bits per heavy atom. The van der Waals surface area contributed by atoms with E-state index in [9.17, 15) is 4.79 Å². The Bertz CT molecular complexity index is 730. The number of nitrogens with one attached hydrogen (secondary N) is 1. The number of rotatable bonds is 5. The fourth-order valence-electron chi connectivity index (χ4n) is 2.94. The molecule has 2 aromatic rings. The lowest BCUT2D eigenvalue weighted by Gasteiger charge is -2.34. The first-order valence-corrected chi connectivity index (χ1v) is 9.09. The molecule has 0 aliphatic carbocycles. The Morgan fingerprint density at radius 3 is 2.40 bits per heavy atom. The minimum Gasteiger partial charge on any atom is -0.325 e. The highest BCUT2D eigenvalue weighted by molar-refractivity contribution is 6.31. The van der Waals surface area contributed by atoms with Crippen molar-refractivity contribution in [3.8, 4) is 0 Å². The molecule has 2 aromatic carbocycles. The van der Waals surface area contributed by atoms with Crippen molar-refractivity contribution in [2.75, 3.05) is 38.0 Å². The van der Waals surface area contributed by atoms with E-state index in [2.05, 4.69) is 21.2 Å². The Morgan fingerprint density at radius 1 is 0.960 bits per heavy atom. The Kier molecular flexibility index (Phi) is 6.32. The standard InChI is InChI=1S/C19H21Cl2N3O/c20-16-5-3-6-17(12-16)22-19(25)14-24-10-8-23(9-11-24)13-15-4-1-2-7-18(15)21/h1-7,12H,8-11,13-14H2,(H,22,25). The lowest BCUT2D eigenvalue weighted by molar-refractivity contribution is -0.117. The highest BCUT2D eigenvalue weighted by atomic mass is 35.5. The van der Waals surface area contributed by atoms with Crippen molar-refractivity contribution in [2.45, 2.75) is 6.54 Å². The minimum absolute atomic E-state index is 0.0122. The molecule has 0 radical (unpaired) electrons. The molecule has 1 heterocycles. The molecule has 0 aromatic heterocycles. The lowest BCUT2D eigenvalue weighted by Crippen LogP contribution is -2.48. The summed E-state index contributed by atoms with van der Waals surface area (Å²) in [4.78, 5) is 16.7. The summed E-state index contributed by atoms with van der Waals surface area (Å²) in [5, 5.41) is 4.32. The zero-order chi connectivity index (χ0) is 17.6. The van der Waals surface area contributed by atoms with Gasteiger partial charge in [-0.15, -0.1) is 0 Å². The van der Waals surface area contributed by atoms with Crippen LogP contribution in [0, 0.1) is 0 Å². The van der Waals surface area contributed by atoms with Crippen LogP contribution in [0.3, 0.4) is 0 Å². The van der Waals surface area contributed by atoms with Crippen LogP contribution >= 0.6 is 23.2 Å². The van der Waals surface area contributed by atoms with Gasteiger partial charge in [-0.3, -0.25) is 14.6 Å². The molecule has 1 fully saturated rings. The molecule has 4 nitrogen and oxygen atoms in total. The molecule has 1 aliphatic rings. The van der Waals surface area contributed by atoms with E-state index in [-0.39, 0.29) is 5.91 Å². The number of anilines is 1. The first-order chi connectivity index (χ1) is 12.1. The summed E-state index contributed by atoms with van der Waals surface area (Å²) >= 11 is 12.2. The first-order valence-electron chi connectivity index (χ1n) is 8.34. The summed E-state index contributed by atoms with van der Waals surface area (Å²) in [6, 6.07) is 15.1. The van der Waals surface area contributed by atoms with Crippen molar-refractivity contribution in [3.05, 3.63) is 64.1 Å². The molecule has 1 N–H and O–H groups in total. The number of piperazine rings is 1. The van der Waals surface area contributed by atoms with Crippen LogP contribution in [-0.4, -0.2) is 48.4 Å². The van der Waals surface area contributed by atoms with E-state index in [1.807, 2.05) is 30.3 Å². The second kappa shape index (κ2) is 8.68. The number of benzene rings is 2. The van der Waals surface area contributed by atoms with E-state index in [1.165, 1.54) is 0 Å². The number of carbonyl (C=O) groups excluding carboxylic acids is 1. The third-order valence-electron chi connectivity index (χ3n) is 4.29. The van der Waals surface area contributed by atoms with Crippen molar-refractivity contribution in [3.63, 3.8) is 0 Å².